The highest BCUT2D eigenvalue weighted by atomic mass is 35.5. The molecule has 1 aliphatic heterocycles. The number of benzene rings is 1. The van der Waals surface area contributed by atoms with Crippen LogP contribution in [0.1, 0.15) is 42.5 Å². The molecule has 1 amide bonds. The molecule has 2 N–H and O–H groups in total. The van der Waals surface area contributed by atoms with Gasteiger partial charge >= 0.3 is 0 Å². The van der Waals surface area contributed by atoms with Gasteiger partial charge in [0.05, 0.1) is 11.7 Å². The lowest BCUT2D eigenvalue weighted by molar-refractivity contribution is 0.0783. The Labute approximate surface area is 130 Å². The third-order valence-corrected chi connectivity index (χ3v) is 4.51. The van der Waals surface area contributed by atoms with Crippen LogP contribution in [0.3, 0.4) is 0 Å². The van der Waals surface area contributed by atoms with E-state index in [0.717, 1.165) is 19.3 Å². The number of rotatable bonds is 3. The van der Waals surface area contributed by atoms with Crippen LogP contribution in [0.5, 0.6) is 5.75 Å². The Bertz CT molecular complexity index is 529. The van der Waals surface area contributed by atoms with Crippen LogP contribution in [0.25, 0.3) is 0 Å². The van der Waals surface area contributed by atoms with E-state index in [2.05, 4.69) is 0 Å². The van der Waals surface area contributed by atoms with Crippen molar-refractivity contribution in [2.75, 3.05) is 13.1 Å². The van der Waals surface area contributed by atoms with Crippen LogP contribution in [-0.2, 0) is 0 Å². The number of halogens is 1. The molecule has 4 nitrogen and oxygen atoms in total. The molecule has 0 spiro atoms. The molecule has 0 radical (unpaired) electrons. The summed E-state index contributed by atoms with van der Waals surface area (Å²) in [5.41, 5.74) is 6.45. The molecule has 3 rings (SSSR count). The summed E-state index contributed by atoms with van der Waals surface area (Å²) in [7, 11) is 0. The van der Waals surface area contributed by atoms with E-state index in [-0.39, 0.29) is 18.1 Å². The van der Waals surface area contributed by atoms with Crippen LogP contribution in [0.4, 0.5) is 0 Å². The van der Waals surface area contributed by atoms with Gasteiger partial charge in [-0.25, -0.2) is 0 Å². The number of ether oxygens (including phenoxy) is 1. The fourth-order valence-corrected chi connectivity index (χ4v) is 3.27. The van der Waals surface area contributed by atoms with Gasteiger partial charge in [0.2, 0.25) is 0 Å². The lowest BCUT2D eigenvalue weighted by Crippen LogP contribution is -2.32. The average molecular weight is 309 g/mol. The molecule has 0 unspecified atom stereocenters. The fourth-order valence-electron chi connectivity index (χ4n) is 3.10. The highest BCUT2D eigenvalue weighted by Gasteiger charge is 2.27. The Morgan fingerprint density at radius 2 is 2.05 bits per heavy atom. The average Bonchev–Trinajstić information content (AvgIpc) is 3.11. The minimum Gasteiger partial charge on any atom is -0.490 e. The number of likely N-dealkylation sites (tertiary alicyclic amines) is 1. The summed E-state index contributed by atoms with van der Waals surface area (Å²) in [6.45, 7) is 1.31. The quantitative estimate of drug-likeness (QED) is 0.934. The van der Waals surface area contributed by atoms with Crippen molar-refractivity contribution >= 4 is 17.5 Å². The van der Waals surface area contributed by atoms with Crippen molar-refractivity contribution in [3.8, 4) is 5.75 Å². The maximum Gasteiger partial charge on any atom is 0.257 e. The molecular formula is C16H21ClN2O2. The van der Waals surface area contributed by atoms with E-state index in [0.29, 0.717) is 29.4 Å². The van der Waals surface area contributed by atoms with E-state index < -0.39 is 0 Å². The van der Waals surface area contributed by atoms with Gasteiger partial charge in [-0.15, -0.1) is 0 Å². The van der Waals surface area contributed by atoms with E-state index >= 15 is 0 Å². The summed E-state index contributed by atoms with van der Waals surface area (Å²) in [6, 6.07) is 5.37. The molecule has 1 saturated carbocycles. The molecule has 2 fully saturated rings. The highest BCUT2D eigenvalue weighted by Crippen LogP contribution is 2.30. The number of hydrogen-bond acceptors (Lipinski definition) is 3. The molecule has 1 atom stereocenters. The summed E-state index contributed by atoms with van der Waals surface area (Å²) in [4.78, 5) is 14.5. The van der Waals surface area contributed by atoms with Crippen molar-refractivity contribution in [2.45, 2.75) is 44.2 Å². The van der Waals surface area contributed by atoms with Gasteiger partial charge in [0, 0.05) is 24.2 Å². The van der Waals surface area contributed by atoms with Gasteiger partial charge in [-0.1, -0.05) is 11.6 Å². The lowest BCUT2D eigenvalue weighted by atomic mass is 10.1. The van der Waals surface area contributed by atoms with Crippen molar-refractivity contribution in [2.24, 2.45) is 5.73 Å². The summed E-state index contributed by atoms with van der Waals surface area (Å²) < 4.78 is 6.03. The Hall–Kier alpha value is -1.26. The van der Waals surface area contributed by atoms with Crippen LogP contribution >= 0.6 is 11.6 Å². The maximum absolute atomic E-state index is 12.7. The topological polar surface area (TPSA) is 55.6 Å². The second-order valence-corrected chi connectivity index (χ2v) is 6.40. The number of carbonyl (C=O) groups is 1. The zero-order valence-electron chi connectivity index (χ0n) is 12.1. The Kier molecular flexibility index (Phi) is 4.36. The molecule has 114 valence electrons. The molecule has 1 aromatic carbocycles. The SMILES string of the molecule is N[C@H]1CCN(C(=O)c2cc(Cl)ccc2OC2CCCC2)C1. The number of nitrogens with two attached hydrogens (primary N) is 1. The minimum absolute atomic E-state index is 0.0292. The van der Waals surface area contributed by atoms with Crippen LogP contribution in [0.2, 0.25) is 5.02 Å². The lowest BCUT2D eigenvalue weighted by Gasteiger charge is -2.20. The zero-order chi connectivity index (χ0) is 14.8. The molecule has 1 aliphatic carbocycles. The summed E-state index contributed by atoms with van der Waals surface area (Å²) >= 11 is 6.06. The third kappa shape index (κ3) is 3.33. The molecule has 0 bridgehead atoms. The monoisotopic (exact) mass is 308 g/mol. The largest absolute Gasteiger partial charge is 0.490 e. The molecule has 1 aromatic rings. The van der Waals surface area contributed by atoms with Gasteiger partial charge in [-0.05, 0) is 50.3 Å². The first kappa shape index (κ1) is 14.7. The first-order chi connectivity index (χ1) is 10.1. The van der Waals surface area contributed by atoms with Gasteiger partial charge in [0.15, 0.2) is 0 Å². The summed E-state index contributed by atoms with van der Waals surface area (Å²) in [5.74, 6) is 0.621. The van der Waals surface area contributed by atoms with Crippen LogP contribution in [0.15, 0.2) is 18.2 Å². The van der Waals surface area contributed by atoms with Crippen molar-refractivity contribution < 1.29 is 9.53 Å². The Morgan fingerprint density at radius 1 is 1.29 bits per heavy atom. The third-order valence-electron chi connectivity index (χ3n) is 4.28. The first-order valence-corrected chi connectivity index (χ1v) is 8.02. The van der Waals surface area contributed by atoms with Crippen LogP contribution < -0.4 is 10.5 Å². The standard InChI is InChI=1S/C16H21ClN2O2/c17-11-5-6-15(21-13-3-1-2-4-13)14(9-11)16(20)19-8-7-12(18)10-19/h5-6,9,12-13H,1-4,7-8,10,18H2/t12-/m0/s1. The van der Waals surface area contributed by atoms with Gasteiger partial charge in [-0.3, -0.25) is 4.79 Å². The Morgan fingerprint density at radius 3 is 2.71 bits per heavy atom. The van der Waals surface area contributed by atoms with E-state index in [9.17, 15) is 4.79 Å². The van der Waals surface area contributed by atoms with Gasteiger partial charge < -0.3 is 15.4 Å². The van der Waals surface area contributed by atoms with Gasteiger partial charge in [0.25, 0.3) is 5.91 Å². The van der Waals surface area contributed by atoms with Gasteiger partial charge in [-0.2, -0.15) is 0 Å². The summed E-state index contributed by atoms with van der Waals surface area (Å²) in [5, 5.41) is 0.556. The zero-order valence-corrected chi connectivity index (χ0v) is 12.8. The minimum atomic E-state index is -0.0292. The molecule has 5 heteroatoms. The number of amides is 1. The van der Waals surface area contributed by atoms with Gasteiger partial charge in [0.1, 0.15) is 5.75 Å². The molecular weight excluding hydrogens is 288 g/mol. The van der Waals surface area contributed by atoms with Crippen molar-refractivity contribution in [1.29, 1.82) is 0 Å². The highest BCUT2D eigenvalue weighted by molar-refractivity contribution is 6.31. The van der Waals surface area contributed by atoms with E-state index in [1.54, 1.807) is 17.0 Å². The van der Waals surface area contributed by atoms with E-state index in [1.807, 2.05) is 6.07 Å². The predicted octanol–water partition coefficient (Wildman–Crippen LogP) is 2.83. The van der Waals surface area contributed by atoms with Crippen LogP contribution in [0, 0.1) is 0 Å². The predicted molar refractivity (Wildman–Crippen MR) is 82.8 cm³/mol. The Balaban J connectivity index is 1.81. The number of nitrogens with zero attached hydrogens (tertiary/aromatic N) is 1. The van der Waals surface area contributed by atoms with E-state index in [4.69, 9.17) is 22.1 Å². The van der Waals surface area contributed by atoms with Crippen molar-refractivity contribution in [1.82, 2.24) is 4.90 Å². The molecule has 1 heterocycles. The van der Waals surface area contributed by atoms with Crippen LogP contribution in [-0.4, -0.2) is 36.0 Å². The smallest absolute Gasteiger partial charge is 0.257 e. The molecule has 21 heavy (non-hydrogen) atoms. The second-order valence-electron chi connectivity index (χ2n) is 5.96. The van der Waals surface area contributed by atoms with Crippen molar-refractivity contribution in [3.63, 3.8) is 0 Å². The normalized spacial score (nSPS) is 22.8. The second kappa shape index (κ2) is 6.24. The number of carbonyl (C=O) groups excluding carboxylic acids is 1. The molecule has 0 aromatic heterocycles. The summed E-state index contributed by atoms with van der Waals surface area (Å²) in [6.07, 6.45) is 5.59. The molecule has 2 aliphatic rings. The number of hydrogen-bond donors (Lipinski definition) is 1. The van der Waals surface area contributed by atoms with Crippen molar-refractivity contribution in [3.05, 3.63) is 28.8 Å². The first-order valence-electron chi connectivity index (χ1n) is 7.64. The fraction of sp³-hybridized carbons (Fsp3) is 0.562. The maximum atomic E-state index is 12.7. The molecule has 1 saturated heterocycles. The van der Waals surface area contributed by atoms with E-state index in [1.165, 1.54) is 12.8 Å².